The number of Topliss-reactive ketones (excluding diaryl/α,β-unsaturated/α-hetero) is 1. The van der Waals surface area contributed by atoms with Crippen molar-refractivity contribution >= 4 is 17.2 Å². The van der Waals surface area contributed by atoms with E-state index in [1.54, 1.807) is 0 Å². The Morgan fingerprint density at radius 3 is 2.68 bits per heavy atom. The summed E-state index contributed by atoms with van der Waals surface area (Å²) in [7, 11) is 0. The van der Waals surface area contributed by atoms with Crippen molar-refractivity contribution in [3.8, 4) is 0 Å². The van der Waals surface area contributed by atoms with Gasteiger partial charge in [-0.3, -0.25) is 4.79 Å². The summed E-state index contributed by atoms with van der Waals surface area (Å²) in [5, 5.41) is 6.94. The lowest BCUT2D eigenvalue weighted by atomic mass is 9.89. The highest BCUT2D eigenvalue weighted by molar-refractivity contribution is 6.00. The van der Waals surface area contributed by atoms with E-state index in [1.165, 1.54) is 0 Å². The highest BCUT2D eigenvalue weighted by Crippen LogP contribution is 2.40. The van der Waals surface area contributed by atoms with Gasteiger partial charge >= 0.3 is 0 Å². The molecule has 0 saturated carbocycles. The van der Waals surface area contributed by atoms with Crippen LogP contribution in [0.3, 0.4) is 0 Å². The molecule has 22 heavy (non-hydrogen) atoms. The number of para-hydroxylation sites is 2. The van der Waals surface area contributed by atoms with Crippen LogP contribution in [0.1, 0.15) is 36.8 Å². The first-order chi connectivity index (χ1) is 10.7. The van der Waals surface area contributed by atoms with Gasteiger partial charge in [-0.2, -0.15) is 0 Å². The predicted octanol–water partition coefficient (Wildman–Crippen LogP) is 4.17. The van der Waals surface area contributed by atoms with Crippen LogP contribution in [0.25, 0.3) is 0 Å². The molecule has 2 heterocycles. The second-order valence-electron chi connectivity index (χ2n) is 5.87. The fourth-order valence-electron chi connectivity index (χ4n) is 3.26. The Hall–Kier alpha value is -2.49. The Morgan fingerprint density at radius 1 is 1.09 bits per heavy atom. The summed E-state index contributed by atoms with van der Waals surface area (Å²) in [6.07, 6.45) is 2.40. The monoisotopic (exact) mass is 294 g/mol. The number of allylic oxidation sites excluding steroid dienone is 1. The summed E-state index contributed by atoms with van der Waals surface area (Å²) in [5.74, 6) is 1.85. The zero-order chi connectivity index (χ0) is 15.1. The number of furan rings is 1. The van der Waals surface area contributed by atoms with Gasteiger partial charge in [0.15, 0.2) is 5.78 Å². The van der Waals surface area contributed by atoms with Crippen molar-refractivity contribution in [2.45, 2.75) is 32.2 Å². The summed E-state index contributed by atoms with van der Waals surface area (Å²) in [6.45, 7) is 1.92. The number of nitrogens with one attached hydrogen (secondary N) is 2. The molecule has 1 aliphatic carbocycles. The van der Waals surface area contributed by atoms with Crippen molar-refractivity contribution in [2.24, 2.45) is 0 Å². The van der Waals surface area contributed by atoms with Crippen LogP contribution in [0, 0.1) is 6.92 Å². The maximum atomic E-state index is 12.5. The van der Waals surface area contributed by atoms with Crippen molar-refractivity contribution in [3.63, 3.8) is 0 Å². The van der Waals surface area contributed by atoms with Crippen molar-refractivity contribution in [1.29, 1.82) is 0 Å². The van der Waals surface area contributed by atoms with Crippen LogP contribution in [0.5, 0.6) is 0 Å². The smallest absolute Gasteiger partial charge is 0.163 e. The molecule has 2 aliphatic rings. The zero-order valence-electron chi connectivity index (χ0n) is 12.5. The molecule has 4 nitrogen and oxygen atoms in total. The third-order valence-electron chi connectivity index (χ3n) is 4.30. The minimum atomic E-state index is -0.229. The Morgan fingerprint density at radius 2 is 1.91 bits per heavy atom. The maximum Gasteiger partial charge on any atom is 0.163 e. The first-order valence-corrected chi connectivity index (χ1v) is 7.67. The van der Waals surface area contributed by atoms with Crippen molar-refractivity contribution in [1.82, 2.24) is 0 Å². The average Bonchev–Trinajstić information content (AvgIpc) is 2.86. The molecule has 1 aromatic heterocycles. The van der Waals surface area contributed by atoms with Crippen molar-refractivity contribution in [2.75, 3.05) is 10.6 Å². The Kier molecular flexibility index (Phi) is 3.03. The number of carbonyl (C=O) groups is 1. The molecule has 4 rings (SSSR count). The van der Waals surface area contributed by atoms with Crippen LogP contribution in [-0.2, 0) is 4.79 Å². The molecule has 1 aliphatic heterocycles. The van der Waals surface area contributed by atoms with E-state index in [4.69, 9.17) is 4.42 Å². The lowest BCUT2D eigenvalue weighted by molar-refractivity contribution is -0.116. The second kappa shape index (κ2) is 5.05. The van der Waals surface area contributed by atoms with Crippen LogP contribution in [0.4, 0.5) is 11.4 Å². The third-order valence-corrected chi connectivity index (χ3v) is 4.30. The quantitative estimate of drug-likeness (QED) is 0.828. The van der Waals surface area contributed by atoms with E-state index in [1.807, 2.05) is 43.3 Å². The van der Waals surface area contributed by atoms with E-state index < -0.39 is 0 Å². The molecule has 0 amide bonds. The topological polar surface area (TPSA) is 54.3 Å². The fourth-order valence-corrected chi connectivity index (χ4v) is 3.26. The molecule has 0 fully saturated rings. The minimum absolute atomic E-state index is 0.202. The molecular weight excluding hydrogens is 276 g/mol. The van der Waals surface area contributed by atoms with Gasteiger partial charge in [-0.25, -0.2) is 0 Å². The SMILES string of the molecule is Cc1ccc([C@H]2Nc3ccccc3NC3=C2C(=O)CCC3)o1. The number of benzene rings is 1. The van der Waals surface area contributed by atoms with Gasteiger partial charge in [0, 0.05) is 17.7 Å². The Balaban J connectivity index is 1.87. The minimum Gasteiger partial charge on any atom is -0.464 e. The summed E-state index contributed by atoms with van der Waals surface area (Å²) >= 11 is 0. The van der Waals surface area contributed by atoms with E-state index in [9.17, 15) is 4.79 Å². The molecule has 4 heteroatoms. The average molecular weight is 294 g/mol. The lowest BCUT2D eigenvalue weighted by Crippen LogP contribution is -2.23. The van der Waals surface area contributed by atoms with E-state index in [0.717, 1.165) is 47.0 Å². The number of hydrogen-bond acceptors (Lipinski definition) is 4. The molecule has 0 spiro atoms. The highest BCUT2D eigenvalue weighted by Gasteiger charge is 2.33. The zero-order valence-corrected chi connectivity index (χ0v) is 12.5. The predicted molar refractivity (Wildman–Crippen MR) is 85.8 cm³/mol. The summed E-state index contributed by atoms with van der Waals surface area (Å²) in [4.78, 5) is 12.5. The van der Waals surface area contributed by atoms with Gasteiger partial charge in [0.2, 0.25) is 0 Å². The van der Waals surface area contributed by atoms with Crippen molar-refractivity contribution in [3.05, 3.63) is 59.2 Å². The number of carbonyl (C=O) groups excluding carboxylic acids is 1. The molecule has 1 aromatic carbocycles. The van der Waals surface area contributed by atoms with Gasteiger partial charge < -0.3 is 15.1 Å². The third kappa shape index (κ3) is 2.11. The number of aryl methyl sites for hydroxylation is 1. The summed E-state index contributed by atoms with van der Waals surface area (Å²) in [6, 6.07) is 11.7. The molecule has 2 N–H and O–H groups in total. The van der Waals surface area contributed by atoms with Gasteiger partial charge in [-0.05, 0) is 44.0 Å². The molecule has 1 atom stereocenters. The molecule has 0 unspecified atom stereocenters. The molecule has 2 aromatic rings. The lowest BCUT2D eigenvalue weighted by Gasteiger charge is -2.23. The number of fused-ring (bicyclic) bond motifs is 1. The number of anilines is 2. The first kappa shape index (κ1) is 13.2. The van der Waals surface area contributed by atoms with E-state index >= 15 is 0 Å². The van der Waals surface area contributed by atoms with Gasteiger partial charge in [0.1, 0.15) is 17.6 Å². The van der Waals surface area contributed by atoms with Gasteiger partial charge in [0.25, 0.3) is 0 Å². The first-order valence-electron chi connectivity index (χ1n) is 7.67. The van der Waals surface area contributed by atoms with E-state index in [2.05, 4.69) is 10.6 Å². The van der Waals surface area contributed by atoms with Gasteiger partial charge in [0.05, 0.1) is 11.4 Å². The number of hydrogen-bond donors (Lipinski definition) is 2. The molecular formula is C18H18N2O2. The summed E-state index contributed by atoms with van der Waals surface area (Å²) < 4.78 is 5.81. The Labute approximate surface area is 129 Å². The maximum absolute atomic E-state index is 12.5. The van der Waals surface area contributed by atoms with Crippen LogP contribution in [-0.4, -0.2) is 5.78 Å². The van der Waals surface area contributed by atoms with Crippen LogP contribution >= 0.6 is 0 Å². The largest absolute Gasteiger partial charge is 0.464 e. The summed E-state index contributed by atoms with van der Waals surface area (Å²) in [5.41, 5.74) is 3.84. The molecule has 0 radical (unpaired) electrons. The molecule has 0 saturated heterocycles. The Bertz CT molecular complexity index is 773. The number of rotatable bonds is 1. The highest BCUT2D eigenvalue weighted by atomic mass is 16.3. The number of ketones is 1. The van der Waals surface area contributed by atoms with Gasteiger partial charge in [-0.1, -0.05) is 12.1 Å². The standard InChI is InChI=1S/C18H18N2O2/c1-11-9-10-16(22-11)18-17-14(7-4-8-15(17)21)19-12-5-2-3-6-13(12)20-18/h2-3,5-6,9-10,18-20H,4,7-8H2,1H3/t18-/m1/s1. The van der Waals surface area contributed by atoms with Gasteiger partial charge in [-0.15, -0.1) is 0 Å². The van der Waals surface area contributed by atoms with Crippen LogP contribution in [0.2, 0.25) is 0 Å². The van der Waals surface area contributed by atoms with Crippen LogP contribution < -0.4 is 10.6 Å². The normalized spacial score (nSPS) is 20.6. The molecule has 0 bridgehead atoms. The fraction of sp³-hybridized carbons (Fsp3) is 0.278. The molecule has 112 valence electrons. The van der Waals surface area contributed by atoms with Crippen molar-refractivity contribution < 1.29 is 9.21 Å². The van der Waals surface area contributed by atoms with Crippen LogP contribution in [0.15, 0.2) is 52.1 Å². The van der Waals surface area contributed by atoms with E-state index in [0.29, 0.717) is 6.42 Å². The van der Waals surface area contributed by atoms with E-state index in [-0.39, 0.29) is 11.8 Å². The second-order valence-corrected chi connectivity index (χ2v) is 5.87.